The molecule has 10 heteroatoms. The monoisotopic (exact) mass is 448 g/mol. The first-order chi connectivity index (χ1) is 14.3. The maximum Gasteiger partial charge on any atom is 0.339 e. The highest BCUT2D eigenvalue weighted by Crippen LogP contribution is 2.42. The van der Waals surface area contributed by atoms with Gasteiger partial charge < -0.3 is 20.8 Å². The standard InChI is InChI=1S/C20H14F2N2O4S2/c1-8-2-4-10(16(22)15(8)21)11-7-29-18(14(11)20(27)28)24-17(26)19-23-12-5-3-9(25)6-13(12)30-19/h2-7,19,23,25H,1H3,(H,24,26)(H,27,28). The average Bonchev–Trinajstić information content (AvgIpc) is 3.30. The lowest BCUT2D eigenvalue weighted by Gasteiger charge is -2.11. The number of rotatable bonds is 4. The number of fused-ring (bicyclic) bond motifs is 1. The molecule has 0 fully saturated rings. The fourth-order valence-electron chi connectivity index (χ4n) is 3.04. The number of aromatic hydroxyl groups is 1. The molecule has 0 saturated heterocycles. The Morgan fingerprint density at radius 2 is 1.90 bits per heavy atom. The molecule has 1 aromatic heterocycles. The van der Waals surface area contributed by atoms with E-state index in [0.717, 1.165) is 11.3 Å². The zero-order valence-corrected chi connectivity index (χ0v) is 17.0. The normalized spacial score (nSPS) is 14.8. The van der Waals surface area contributed by atoms with Crippen molar-refractivity contribution in [3.63, 3.8) is 0 Å². The van der Waals surface area contributed by atoms with Crippen LogP contribution in [0.5, 0.6) is 5.75 Å². The second kappa shape index (κ2) is 7.62. The molecule has 0 spiro atoms. The molecule has 2 aromatic carbocycles. The number of phenols is 1. The lowest BCUT2D eigenvalue weighted by atomic mass is 10.0. The number of phenolic OH excluding ortho intramolecular Hbond substituents is 1. The molecular weight excluding hydrogens is 434 g/mol. The predicted octanol–water partition coefficient (Wildman–Crippen LogP) is 4.89. The summed E-state index contributed by atoms with van der Waals surface area (Å²) in [7, 11) is 0. The second-order valence-electron chi connectivity index (χ2n) is 6.53. The van der Waals surface area contributed by atoms with E-state index in [1.807, 2.05) is 0 Å². The number of carbonyl (C=O) groups is 2. The van der Waals surface area contributed by atoms with E-state index < -0.39 is 28.9 Å². The molecule has 6 nitrogen and oxygen atoms in total. The zero-order chi connectivity index (χ0) is 21.6. The number of nitrogens with one attached hydrogen (secondary N) is 2. The molecule has 1 aliphatic rings. The van der Waals surface area contributed by atoms with E-state index in [9.17, 15) is 28.6 Å². The van der Waals surface area contributed by atoms with Crippen LogP contribution in [0.15, 0.2) is 40.6 Å². The minimum absolute atomic E-state index is 0.0144. The number of aryl methyl sites for hydroxylation is 1. The summed E-state index contributed by atoms with van der Waals surface area (Å²) in [6.07, 6.45) is 0. The van der Waals surface area contributed by atoms with Gasteiger partial charge in [0.15, 0.2) is 17.0 Å². The Balaban J connectivity index is 1.63. The minimum atomic E-state index is -1.37. The first-order valence-electron chi connectivity index (χ1n) is 8.63. The Morgan fingerprint density at radius 3 is 2.63 bits per heavy atom. The van der Waals surface area contributed by atoms with Gasteiger partial charge >= 0.3 is 5.97 Å². The van der Waals surface area contributed by atoms with Crippen LogP contribution in [0, 0.1) is 18.6 Å². The highest BCUT2D eigenvalue weighted by molar-refractivity contribution is 8.01. The van der Waals surface area contributed by atoms with Crippen LogP contribution in [0.25, 0.3) is 11.1 Å². The summed E-state index contributed by atoms with van der Waals surface area (Å²) in [4.78, 5) is 25.2. The molecule has 1 unspecified atom stereocenters. The molecule has 0 bridgehead atoms. The number of carboxylic acids is 1. The van der Waals surface area contributed by atoms with E-state index >= 15 is 0 Å². The van der Waals surface area contributed by atoms with Crippen molar-refractivity contribution in [3.8, 4) is 16.9 Å². The molecule has 1 atom stereocenters. The van der Waals surface area contributed by atoms with Crippen molar-refractivity contribution in [2.75, 3.05) is 10.6 Å². The van der Waals surface area contributed by atoms with Crippen molar-refractivity contribution < 1.29 is 28.6 Å². The van der Waals surface area contributed by atoms with Gasteiger partial charge in [-0.25, -0.2) is 13.6 Å². The summed E-state index contributed by atoms with van der Waals surface area (Å²) in [6, 6.07) is 7.30. The van der Waals surface area contributed by atoms with Crippen LogP contribution < -0.4 is 10.6 Å². The first-order valence-corrected chi connectivity index (χ1v) is 10.4. The van der Waals surface area contributed by atoms with E-state index in [0.29, 0.717) is 10.6 Å². The summed E-state index contributed by atoms with van der Waals surface area (Å²) in [5.74, 6) is -4.01. The third kappa shape index (κ3) is 3.48. The molecule has 30 heavy (non-hydrogen) atoms. The van der Waals surface area contributed by atoms with Gasteiger partial charge in [-0.2, -0.15) is 0 Å². The van der Waals surface area contributed by atoms with Crippen LogP contribution in [-0.4, -0.2) is 27.5 Å². The first kappa shape index (κ1) is 20.2. The molecular formula is C20H14F2N2O4S2. The predicted molar refractivity (Wildman–Crippen MR) is 111 cm³/mol. The third-order valence-corrected chi connectivity index (χ3v) is 6.60. The SMILES string of the molecule is Cc1ccc(-c2csc(NC(=O)C3Nc4ccc(O)cc4S3)c2C(=O)O)c(F)c1F. The van der Waals surface area contributed by atoms with Crippen LogP contribution in [0.3, 0.4) is 0 Å². The molecule has 154 valence electrons. The Hall–Kier alpha value is -3.11. The fourth-order valence-corrected chi connectivity index (χ4v) is 5.04. The number of thiophene rings is 1. The second-order valence-corrected chi connectivity index (χ2v) is 8.56. The summed E-state index contributed by atoms with van der Waals surface area (Å²) in [5.41, 5.74) is 0.254. The number of carboxylic acid groups (broad SMARTS) is 1. The lowest BCUT2D eigenvalue weighted by Crippen LogP contribution is -2.29. The molecule has 2 heterocycles. The number of benzene rings is 2. The van der Waals surface area contributed by atoms with Crippen LogP contribution in [0.4, 0.5) is 19.5 Å². The van der Waals surface area contributed by atoms with Crippen molar-refractivity contribution in [3.05, 3.63) is 58.5 Å². The maximum atomic E-state index is 14.4. The van der Waals surface area contributed by atoms with Gasteiger partial charge in [-0.1, -0.05) is 23.9 Å². The van der Waals surface area contributed by atoms with Crippen LogP contribution in [0.2, 0.25) is 0 Å². The van der Waals surface area contributed by atoms with E-state index in [-0.39, 0.29) is 33.0 Å². The van der Waals surface area contributed by atoms with Gasteiger partial charge in [0.25, 0.3) is 5.91 Å². The van der Waals surface area contributed by atoms with E-state index in [1.54, 1.807) is 6.07 Å². The Bertz CT molecular complexity index is 1200. The Labute approximate surface area is 177 Å². The van der Waals surface area contributed by atoms with Gasteiger partial charge in [-0.05, 0) is 30.7 Å². The number of hydrogen-bond acceptors (Lipinski definition) is 6. The summed E-state index contributed by atoms with van der Waals surface area (Å²) < 4.78 is 28.4. The van der Waals surface area contributed by atoms with Crippen LogP contribution >= 0.6 is 23.1 Å². The van der Waals surface area contributed by atoms with Crippen molar-refractivity contribution in [1.29, 1.82) is 0 Å². The van der Waals surface area contributed by atoms with Crippen LogP contribution in [-0.2, 0) is 4.79 Å². The topological polar surface area (TPSA) is 98.7 Å². The highest BCUT2D eigenvalue weighted by Gasteiger charge is 2.30. The molecule has 0 radical (unpaired) electrons. The van der Waals surface area contributed by atoms with Crippen LogP contribution in [0.1, 0.15) is 15.9 Å². The van der Waals surface area contributed by atoms with Gasteiger partial charge in [0.05, 0.1) is 0 Å². The number of aromatic carboxylic acids is 1. The third-order valence-electron chi connectivity index (χ3n) is 4.54. The summed E-state index contributed by atoms with van der Waals surface area (Å²) >= 11 is 2.08. The van der Waals surface area contributed by atoms with Gasteiger partial charge in [-0.3, -0.25) is 4.79 Å². The number of amides is 1. The lowest BCUT2D eigenvalue weighted by molar-refractivity contribution is -0.115. The number of hydrogen-bond donors (Lipinski definition) is 4. The maximum absolute atomic E-state index is 14.4. The zero-order valence-electron chi connectivity index (χ0n) is 15.3. The van der Waals surface area contributed by atoms with Crippen molar-refractivity contribution in [2.45, 2.75) is 17.2 Å². The molecule has 0 saturated carbocycles. The number of halogens is 2. The number of thioether (sulfide) groups is 1. The van der Waals surface area contributed by atoms with Crippen molar-refractivity contribution in [2.24, 2.45) is 0 Å². The van der Waals surface area contributed by atoms with Crippen molar-refractivity contribution in [1.82, 2.24) is 0 Å². The molecule has 3 aromatic rings. The summed E-state index contributed by atoms with van der Waals surface area (Å²) in [5, 5.41) is 25.4. The molecule has 1 aliphatic heterocycles. The Kier molecular flexibility index (Phi) is 5.12. The fraction of sp³-hybridized carbons (Fsp3) is 0.100. The van der Waals surface area contributed by atoms with Gasteiger partial charge in [0.2, 0.25) is 0 Å². The van der Waals surface area contributed by atoms with Gasteiger partial charge in [0, 0.05) is 27.1 Å². The molecule has 4 N–H and O–H groups in total. The molecule has 1 amide bonds. The summed E-state index contributed by atoms with van der Waals surface area (Å²) in [6.45, 7) is 1.41. The molecule has 0 aliphatic carbocycles. The van der Waals surface area contributed by atoms with E-state index in [4.69, 9.17) is 0 Å². The van der Waals surface area contributed by atoms with Gasteiger partial charge in [0.1, 0.15) is 16.3 Å². The average molecular weight is 448 g/mol. The largest absolute Gasteiger partial charge is 0.508 e. The number of carbonyl (C=O) groups excluding carboxylic acids is 1. The van der Waals surface area contributed by atoms with Crippen molar-refractivity contribution >= 4 is 45.7 Å². The molecule has 4 rings (SSSR count). The van der Waals surface area contributed by atoms with Gasteiger partial charge in [-0.15, -0.1) is 11.3 Å². The minimum Gasteiger partial charge on any atom is -0.508 e. The quantitative estimate of drug-likeness (QED) is 0.425. The highest BCUT2D eigenvalue weighted by atomic mass is 32.2. The smallest absolute Gasteiger partial charge is 0.339 e. The van der Waals surface area contributed by atoms with E-state index in [2.05, 4.69) is 10.6 Å². The number of anilines is 2. The van der Waals surface area contributed by atoms with E-state index in [1.165, 1.54) is 48.3 Å². The Morgan fingerprint density at radius 1 is 1.13 bits per heavy atom.